The summed E-state index contributed by atoms with van der Waals surface area (Å²) in [6.45, 7) is 10.2. The normalized spacial score (nSPS) is 17.3. The second-order valence-electron chi connectivity index (χ2n) is 10.3. The van der Waals surface area contributed by atoms with Crippen molar-refractivity contribution in [3.05, 3.63) is 75.7 Å². The Morgan fingerprint density at radius 1 is 1.28 bits per heavy atom. The van der Waals surface area contributed by atoms with Crippen LogP contribution < -0.4 is 5.56 Å². The fourth-order valence-corrected chi connectivity index (χ4v) is 4.90. The maximum absolute atomic E-state index is 13.6. The highest BCUT2D eigenvalue weighted by molar-refractivity contribution is 5.79. The van der Waals surface area contributed by atoms with E-state index < -0.39 is 6.04 Å². The second-order valence-corrected chi connectivity index (χ2v) is 10.3. The van der Waals surface area contributed by atoms with E-state index in [1.54, 1.807) is 6.26 Å². The van der Waals surface area contributed by atoms with E-state index in [1.807, 2.05) is 41.9 Å². The molecule has 1 N–H and O–H groups in total. The molecule has 4 heterocycles. The number of benzene rings is 1. The first-order valence-electron chi connectivity index (χ1n) is 12.7. The summed E-state index contributed by atoms with van der Waals surface area (Å²) in [5, 5.41) is 13.9. The number of nitrogens with zero attached hydrogens (tertiary/aromatic N) is 5. The van der Waals surface area contributed by atoms with Crippen molar-refractivity contribution in [1.82, 2.24) is 30.1 Å². The monoisotopic (exact) mass is 490 g/mol. The van der Waals surface area contributed by atoms with E-state index >= 15 is 0 Å². The molecule has 1 aliphatic rings. The molecular weight excluding hydrogens is 456 g/mol. The highest BCUT2D eigenvalue weighted by atomic mass is 16.5. The van der Waals surface area contributed by atoms with Gasteiger partial charge in [0.2, 0.25) is 0 Å². The van der Waals surface area contributed by atoms with E-state index in [9.17, 15) is 4.79 Å². The van der Waals surface area contributed by atoms with Crippen molar-refractivity contribution < 1.29 is 9.15 Å². The van der Waals surface area contributed by atoms with Gasteiger partial charge in [0.15, 0.2) is 5.82 Å². The van der Waals surface area contributed by atoms with Crippen LogP contribution >= 0.6 is 0 Å². The highest BCUT2D eigenvalue weighted by Crippen LogP contribution is 2.33. The molecule has 0 amide bonds. The fourth-order valence-electron chi connectivity index (χ4n) is 4.90. The van der Waals surface area contributed by atoms with Gasteiger partial charge in [0.1, 0.15) is 11.8 Å². The number of tetrazole rings is 1. The Bertz CT molecular complexity index is 1370. The number of ether oxygens (including phenoxy) is 1. The molecule has 5 rings (SSSR count). The van der Waals surface area contributed by atoms with Gasteiger partial charge in [-0.15, -0.1) is 5.10 Å². The SMILES string of the molecule is CCC(C)(C)n1nnnc1[C@@H](c1cc2cc(C)ccc2[nH]c1=O)N(Cc1ccco1)C[C@H]1CCCO1. The second kappa shape index (κ2) is 9.99. The number of furan rings is 1. The van der Waals surface area contributed by atoms with E-state index in [0.29, 0.717) is 24.5 Å². The summed E-state index contributed by atoms with van der Waals surface area (Å²) in [4.78, 5) is 18.9. The first-order valence-corrected chi connectivity index (χ1v) is 12.7. The van der Waals surface area contributed by atoms with Gasteiger partial charge in [0.05, 0.1) is 24.5 Å². The van der Waals surface area contributed by atoms with Gasteiger partial charge in [-0.05, 0) is 86.2 Å². The maximum Gasteiger partial charge on any atom is 0.253 e. The zero-order valence-corrected chi connectivity index (χ0v) is 21.4. The maximum atomic E-state index is 13.6. The Labute approximate surface area is 210 Å². The van der Waals surface area contributed by atoms with Crippen LogP contribution in [0, 0.1) is 6.92 Å². The predicted octanol–water partition coefficient (Wildman–Crippen LogP) is 4.33. The van der Waals surface area contributed by atoms with Crippen LogP contribution in [0.5, 0.6) is 0 Å². The number of hydrogen-bond acceptors (Lipinski definition) is 7. The Balaban J connectivity index is 1.70. The van der Waals surface area contributed by atoms with E-state index in [0.717, 1.165) is 48.1 Å². The van der Waals surface area contributed by atoms with Gasteiger partial charge < -0.3 is 14.1 Å². The zero-order valence-electron chi connectivity index (χ0n) is 21.4. The van der Waals surface area contributed by atoms with Gasteiger partial charge in [0, 0.05) is 24.2 Å². The molecule has 9 heteroatoms. The topological polar surface area (TPSA) is 102 Å². The molecule has 0 bridgehead atoms. The van der Waals surface area contributed by atoms with Crippen LogP contribution in [0.15, 0.2) is 51.9 Å². The lowest BCUT2D eigenvalue weighted by molar-refractivity contribution is 0.0534. The summed E-state index contributed by atoms with van der Waals surface area (Å²) in [5.74, 6) is 1.43. The van der Waals surface area contributed by atoms with E-state index in [-0.39, 0.29) is 17.2 Å². The third kappa shape index (κ3) is 4.85. The molecule has 0 radical (unpaired) electrons. The lowest BCUT2D eigenvalue weighted by atomic mass is 9.98. The predicted molar refractivity (Wildman–Crippen MR) is 137 cm³/mol. The summed E-state index contributed by atoms with van der Waals surface area (Å²) in [5.41, 5.74) is 2.04. The van der Waals surface area contributed by atoms with Crippen LogP contribution in [-0.4, -0.2) is 49.3 Å². The largest absolute Gasteiger partial charge is 0.468 e. The number of nitrogens with one attached hydrogen (secondary N) is 1. The number of aryl methyl sites for hydroxylation is 1. The Morgan fingerprint density at radius 3 is 2.86 bits per heavy atom. The fraction of sp³-hybridized carbons (Fsp3) is 0.481. The number of aromatic amines is 1. The molecule has 1 saturated heterocycles. The molecule has 1 fully saturated rings. The van der Waals surface area contributed by atoms with Gasteiger partial charge in [-0.2, -0.15) is 0 Å². The van der Waals surface area contributed by atoms with Crippen molar-refractivity contribution in [2.24, 2.45) is 0 Å². The number of fused-ring (bicyclic) bond motifs is 1. The van der Waals surface area contributed by atoms with E-state index in [4.69, 9.17) is 9.15 Å². The molecule has 9 nitrogen and oxygen atoms in total. The summed E-state index contributed by atoms with van der Waals surface area (Å²) in [6, 6.07) is 11.3. The summed E-state index contributed by atoms with van der Waals surface area (Å²) >= 11 is 0. The Morgan fingerprint density at radius 2 is 2.14 bits per heavy atom. The van der Waals surface area contributed by atoms with E-state index in [2.05, 4.69) is 52.2 Å². The minimum Gasteiger partial charge on any atom is -0.468 e. The van der Waals surface area contributed by atoms with Crippen molar-refractivity contribution >= 4 is 10.9 Å². The number of pyridine rings is 1. The van der Waals surface area contributed by atoms with Crippen LogP contribution in [0.4, 0.5) is 0 Å². The molecule has 0 unspecified atom stereocenters. The minimum atomic E-state index is -0.506. The summed E-state index contributed by atoms with van der Waals surface area (Å²) < 4.78 is 13.6. The summed E-state index contributed by atoms with van der Waals surface area (Å²) in [6.07, 6.45) is 4.56. The Hall–Kier alpha value is -3.30. The summed E-state index contributed by atoms with van der Waals surface area (Å²) in [7, 11) is 0. The highest BCUT2D eigenvalue weighted by Gasteiger charge is 2.36. The molecule has 0 aliphatic carbocycles. The number of rotatable bonds is 9. The Kier molecular flexibility index (Phi) is 6.77. The van der Waals surface area contributed by atoms with Crippen molar-refractivity contribution in [3.63, 3.8) is 0 Å². The third-order valence-electron chi connectivity index (χ3n) is 7.27. The van der Waals surface area contributed by atoms with Crippen LogP contribution in [0.25, 0.3) is 10.9 Å². The molecule has 3 aromatic heterocycles. The number of aromatic nitrogens is 5. The third-order valence-corrected chi connectivity index (χ3v) is 7.27. The average Bonchev–Trinajstić information content (AvgIpc) is 3.63. The molecule has 4 aromatic rings. The molecular formula is C27H34N6O3. The van der Waals surface area contributed by atoms with Crippen LogP contribution in [0.1, 0.15) is 68.8 Å². The van der Waals surface area contributed by atoms with Crippen molar-refractivity contribution in [2.75, 3.05) is 13.2 Å². The molecule has 36 heavy (non-hydrogen) atoms. The van der Waals surface area contributed by atoms with Gasteiger partial charge in [0.25, 0.3) is 5.56 Å². The van der Waals surface area contributed by atoms with Crippen LogP contribution in [-0.2, 0) is 16.8 Å². The van der Waals surface area contributed by atoms with E-state index in [1.165, 1.54) is 0 Å². The zero-order chi connectivity index (χ0) is 25.3. The number of hydrogen-bond donors (Lipinski definition) is 1. The quantitative estimate of drug-likeness (QED) is 0.372. The van der Waals surface area contributed by atoms with Crippen molar-refractivity contribution in [2.45, 2.75) is 71.2 Å². The molecule has 190 valence electrons. The number of H-pyrrole nitrogens is 1. The van der Waals surface area contributed by atoms with Crippen LogP contribution in [0.2, 0.25) is 0 Å². The van der Waals surface area contributed by atoms with Gasteiger partial charge >= 0.3 is 0 Å². The van der Waals surface area contributed by atoms with Gasteiger partial charge in [-0.3, -0.25) is 9.69 Å². The molecule has 1 aliphatic heterocycles. The molecule has 1 aromatic carbocycles. The minimum absolute atomic E-state index is 0.0627. The molecule has 2 atom stereocenters. The van der Waals surface area contributed by atoms with Crippen LogP contribution in [0.3, 0.4) is 0 Å². The lowest BCUT2D eigenvalue weighted by Crippen LogP contribution is -2.41. The standard InChI is InChI=1S/C27H34N6O3/c1-5-27(3,4)33-25(29-30-31-33)24(22-15-19-14-18(2)10-11-23(19)28-26(22)34)32(16-20-8-6-12-35-20)17-21-9-7-13-36-21/h6,8,10-12,14-15,21,24H,5,7,9,13,16-17H2,1-4H3,(H,28,34)/t21-,24-/m1/s1. The van der Waals surface area contributed by atoms with Crippen molar-refractivity contribution in [1.29, 1.82) is 0 Å². The first-order chi connectivity index (χ1) is 17.4. The molecule has 0 spiro atoms. The lowest BCUT2D eigenvalue weighted by Gasteiger charge is -2.34. The van der Waals surface area contributed by atoms with Gasteiger partial charge in [-0.1, -0.05) is 18.6 Å². The van der Waals surface area contributed by atoms with Gasteiger partial charge in [-0.25, -0.2) is 4.68 Å². The average molecular weight is 491 g/mol. The first kappa shape index (κ1) is 24.4. The van der Waals surface area contributed by atoms with Crippen molar-refractivity contribution in [3.8, 4) is 0 Å². The smallest absolute Gasteiger partial charge is 0.253 e. The molecule has 0 saturated carbocycles.